The number of unbranched alkanes of at least 4 members (excludes halogenated alkanes) is 2. The van der Waals surface area contributed by atoms with Crippen LogP contribution in [-0.2, 0) is 37.4 Å². The van der Waals surface area contributed by atoms with Gasteiger partial charge in [-0.1, -0.05) is 26.3 Å². The lowest BCUT2D eigenvalue weighted by Crippen LogP contribution is -2.64. The van der Waals surface area contributed by atoms with Crippen molar-refractivity contribution in [3.8, 4) is 11.1 Å². The second kappa shape index (κ2) is 12.6. The Morgan fingerprint density at radius 1 is 0.979 bits per heavy atom. The fraction of sp³-hybridized carbons (Fsp3) is 0.694. The SMILES string of the molecule is CNC(=O)Cc1ccc(-c2ccn(CC34CC5(C)CC(C)(C3)CC(OCCCCCS(=O)(=O)O)(C5)C4)c2C)c(C(=O)OC(C)(C)C)n1. The van der Waals surface area contributed by atoms with E-state index >= 15 is 0 Å². The van der Waals surface area contributed by atoms with Gasteiger partial charge in [0.1, 0.15) is 5.60 Å². The highest BCUT2D eigenvalue weighted by Crippen LogP contribution is 2.72. The van der Waals surface area contributed by atoms with Crippen molar-refractivity contribution in [2.45, 2.75) is 123 Å². The molecule has 11 heteroatoms. The Morgan fingerprint density at radius 2 is 1.66 bits per heavy atom. The molecule has 2 aromatic heterocycles. The first-order chi connectivity index (χ1) is 21.8. The van der Waals surface area contributed by atoms with Gasteiger partial charge in [0, 0.05) is 43.2 Å². The van der Waals surface area contributed by atoms with Crippen LogP contribution in [0.25, 0.3) is 11.1 Å². The third kappa shape index (κ3) is 8.28. The van der Waals surface area contributed by atoms with E-state index in [9.17, 15) is 18.0 Å². The molecule has 47 heavy (non-hydrogen) atoms. The summed E-state index contributed by atoms with van der Waals surface area (Å²) >= 11 is 0. The number of rotatable bonds is 13. The van der Waals surface area contributed by atoms with Crippen LogP contribution in [0.15, 0.2) is 24.4 Å². The molecule has 0 spiro atoms. The summed E-state index contributed by atoms with van der Waals surface area (Å²) in [5.74, 6) is -0.901. The quantitative estimate of drug-likeness (QED) is 0.144. The van der Waals surface area contributed by atoms with Gasteiger partial charge in [-0.25, -0.2) is 9.78 Å². The number of nitrogens with zero attached hydrogens (tertiary/aromatic N) is 2. The highest BCUT2D eigenvalue weighted by atomic mass is 32.2. The molecule has 0 saturated heterocycles. The van der Waals surface area contributed by atoms with Gasteiger partial charge in [-0.3, -0.25) is 9.35 Å². The smallest absolute Gasteiger partial charge is 0.358 e. The minimum Gasteiger partial charge on any atom is -0.455 e. The Morgan fingerprint density at radius 3 is 2.28 bits per heavy atom. The molecule has 4 bridgehead atoms. The number of ether oxygens (including phenoxy) is 2. The monoisotopic (exact) mass is 671 g/mol. The molecule has 4 aliphatic carbocycles. The third-order valence-corrected chi connectivity index (χ3v) is 11.1. The molecule has 10 nitrogen and oxygen atoms in total. The molecule has 4 saturated carbocycles. The van der Waals surface area contributed by atoms with Crippen LogP contribution in [0.2, 0.25) is 0 Å². The largest absolute Gasteiger partial charge is 0.455 e. The number of pyridine rings is 1. The van der Waals surface area contributed by atoms with Crippen LogP contribution in [-0.4, -0.2) is 65.0 Å². The fourth-order valence-corrected chi connectivity index (χ4v) is 10.5. The van der Waals surface area contributed by atoms with Gasteiger partial charge >= 0.3 is 5.97 Å². The van der Waals surface area contributed by atoms with E-state index in [0.717, 1.165) is 56.3 Å². The Balaban J connectivity index is 1.39. The van der Waals surface area contributed by atoms with Crippen molar-refractivity contribution in [3.63, 3.8) is 0 Å². The number of hydrogen-bond donors (Lipinski definition) is 2. The Bertz CT molecular complexity index is 1600. The van der Waals surface area contributed by atoms with E-state index in [1.54, 1.807) is 13.1 Å². The predicted octanol–water partition coefficient (Wildman–Crippen LogP) is 6.30. The van der Waals surface area contributed by atoms with Gasteiger partial charge in [0.15, 0.2) is 5.69 Å². The average molecular weight is 672 g/mol. The molecule has 4 aliphatic rings. The number of carbonyl (C=O) groups excluding carboxylic acids is 2. The standard InChI is InChI=1S/C36H53N3O7S/c1-25-27(28-12-11-26(17-29(40)37-7)38-30(28)31(41)46-32(2,3)4)13-14-39(25)24-35-19-33(5)18-34(6,20-35)22-36(21-33,23-35)45-15-9-8-10-16-47(42,43)44/h11-14H,8-10,15-24H2,1-7H3,(H,37,40)(H,42,43,44). The van der Waals surface area contributed by atoms with Crippen molar-refractivity contribution in [1.82, 2.24) is 14.9 Å². The zero-order valence-electron chi connectivity index (χ0n) is 29.2. The molecule has 2 unspecified atom stereocenters. The van der Waals surface area contributed by atoms with E-state index < -0.39 is 21.7 Å². The van der Waals surface area contributed by atoms with E-state index in [1.165, 1.54) is 6.42 Å². The summed E-state index contributed by atoms with van der Waals surface area (Å²) in [5.41, 5.74) is 2.92. The molecule has 6 rings (SSSR count). The molecular formula is C36H53N3O7S. The summed E-state index contributed by atoms with van der Waals surface area (Å²) in [6.07, 6.45) is 10.7. The minimum absolute atomic E-state index is 0.0634. The molecule has 0 aliphatic heterocycles. The van der Waals surface area contributed by atoms with Crippen LogP contribution >= 0.6 is 0 Å². The van der Waals surface area contributed by atoms with Crippen LogP contribution in [0.4, 0.5) is 0 Å². The van der Waals surface area contributed by atoms with Gasteiger partial charge in [0.05, 0.1) is 23.5 Å². The van der Waals surface area contributed by atoms with E-state index in [4.69, 9.17) is 14.0 Å². The molecule has 4 fully saturated rings. The van der Waals surface area contributed by atoms with E-state index in [2.05, 4.69) is 47.9 Å². The zero-order valence-corrected chi connectivity index (χ0v) is 30.0. The molecule has 1 amide bonds. The van der Waals surface area contributed by atoms with Gasteiger partial charge in [0.2, 0.25) is 5.91 Å². The van der Waals surface area contributed by atoms with Gasteiger partial charge in [-0.15, -0.1) is 0 Å². The first kappa shape index (κ1) is 35.5. The fourth-order valence-electron chi connectivity index (χ4n) is 9.92. The number of hydrogen-bond acceptors (Lipinski definition) is 7. The maximum absolute atomic E-state index is 13.4. The lowest BCUT2D eigenvalue weighted by molar-refractivity contribution is -0.248. The highest BCUT2D eigenvalue weighted by Gasteiger charge is 2.66. The maximum Gasteiger partial charge on any atom is 0.358 e. The predicted molar refractivity (Wildman–Crippen MR) is 181 cm³/mol. The normalized spacial score (nSPS) is 28.4. The number of amides is 1. The van der Waals surface area contributed by atoms with Crippen molar-refractivity contribution in [1.29, 1.82) is 0 Å². The lowest BCUT2D eigenvalue weighted by Gasteiger charge is -2.69. The lowest BCUT2D eigenvalue weighted by atomic mass is 9.39. The van der Waals surface area contributed by atoms with E-state index in [0.29, 0.717) is 30.7 Å². The molecule has 260 valence electrons. The van der Waals surface area contributed by atoms with Gasteiger partial charge in [-0.2, -0.15) is 8.42 Å². The number of carbonyl (C=O) groups is 2. The minimum atomic E-state index is -3.93. The van der Waals surface area contributed by atoms with Crippen LogP contribution in [0, 0.1) is 23.2 Å². The summed E-state index contributed by atoms with van der Waals surface area (Å²) in [5, 5.41) is 2.62. The summed E-state index contributed by atoms with van der Waals surface area (Å²) in [4.78, 5) is 30.2. The van der Waals surface area contributed by atoms with Gasteiger partial charge in [0.25, 0.3) is 10.1 Å². The summed E-state index contributed by atoms with van der Waals surface area (Å²) in [6.45, 7) is 13.9. The first-order valence-electron chi connectivity index (χ1n) is 16.9. The molecule has 0 radical (unpaired) electrons. The van der Waals surface area contributed by atoms with Gasteiger partial charge < -0.3 is 19.4 Å². The molecular weight excluding hydrogens is 618 g/mol. The van der Waals surface area contributed by atoms with Crippen molar-refractivity contribution in [2.75, 3.05) is 19.4 Å². The third-order valence-electron chi connectivity index (χ3n) is 10.3. The summed E-state index contributed by atoms with van der Waals surface area (Å²) in [7, 11) is -2.35. The van der Waals surface area contributed by atoms with Crippen LogP contribution in [0.3, 0.4) is 0 Å². The van der Waals surface area contributed by atoms with E-state index in [-0.39, 0.29) is 45.6 Å². The van der Waals surface area contributed by atoms with Crippen LogP contribution < -0.4 is 5.32 Å². The molecule has 2 aromatic rings. The molecule has 2 atom stereocenters. The second-order valence-corrected chi connectivity index (χ2v) is 18.1. The molecule has 2 heterocycles. The van der Waals surface area contributed by atoms with Gasteiger partial charge in [-0.05, 0) is 107 Å². The molecule has 2 N–H and O–H groups in total. The number of nitrogens with one attached hydrogen (secondary N) is 1. The summed E-state index contributed by atoms with van der Waals surface area (Å²) < 4.78 is 46.1. The molecule has 0 aromatic carbocycles. The van der Waals surface area contributed by atoms with Crippen molar-refractivity contribution < 1.29 is 32.0 Å². The zero-order chi connectivity index (χ0) is 34.5. The number of likely N-dealkylation sites (N-methyl/N-ethyl adjacent to an activating group) is 1. The average Bonchev–Trinajstić information content (AvgIpc) is 3.25. The Labute approximate surface area is 280 Å². The van der Waals surface area contributed by atoms with Crippen LogP contribution in [0.1, 0.15) is 114 Å². The maximum atomic E-state index is 13.4. The second-order valence-electron chi connectivity index (χ2n) is 16.6. The highest BCUT2D eigenvalue weighted by molar-refractivity contribution is 7.85. The van der Waals surface area contributed by atoms with Crippen molar-refractivity contribution in [3.05, 3.63) is 41.5 Å². The van der Waals surface area contributed by atoms with E-state index in [1.807, 2.05) is 26.8 Å². The van der Waals surface area contributed by atoms with Crippen LogP contribution in [0.5, 0.6) is 0 Å². The number of esters is 1. The number of aromatic nitrogens is 2. The first-order valence-corrected chi connectivity index (χ1v) is 18.6. The van der Waals surface area contributed by atoms with Crippen molar-refractivity contribution in [2.24, 2.45) is 16.2 Å². The summed E-state index contributed by atoms with van der Waals surface area (Å²) in [6, 6.07) is 5.74. The Hall–Kier alpha value is -2.76. The topological polar surface area (TPSA) is 137 Å². The van der Waals surface area contributed by atoms with Crippen molar-refractivity contribution >= 4 is 22.0 Å². The Kier molecular flexibility index (Phi) is 9.53.